The summed E-state index contributed by atoms with van der Waals surface area (Å²) in [5.74, 6) is 0.374. The van der Waals surface area contributed by atoms with Crippen molar-refractivity contribution in [3.05, 3.63) is 77.1 Å². The second-order valence-corrected chi connectivity index (χ2v) is 8.07. The van der Waals surface area contributed by atoms with Crippen molar-refractivity contribution in [3.63, 3.8) is 0 Å². The van der Waals surface area contributed by atoms with Crippen LogP contribution < -0.4 is 5.32 Å². The van der Waals surface area contributed by atoms with Gasteiger partial charge in [0, 0.05) is 41.8 Å². The molecule has 6 heteroatoms. The van der Waals surface area contributed by atoms with E-state index in [9.17, 15) is 4.79 Å². The Hall–Kier alpha value is -2.57. The molecule has 5 nitrogen and oxygen atoms in total. The summed E-state index contributed by atoms with van der Waals surface area (Å²) < 4.78 is 0. The van der Waals surface area contributed by atoms with Crippen LogP contribution in [0.2, 0.25) is 0 Å². The lowest BCUT2D eigenvalue weighted by molar-refractivity contribution is -0.117. The van der Waals surface area contributed by atoms with Gasteiger partial charge in [-0.15, -0.1) is 11.3 Å². The van der Waals surface area contributed by atoms with Crippen LogP contribution in [0.25, 0.3) is 0 Å². The average Bonchev–Trinajstić information content (AvgIpc) is 3.22. The predicted octanol–water partition coefficient (Wildman–Crippen LogP) is 3.95. The first-order valence-corrected chi connectivity index (χ1v) is 10.6. The summed E-state index contributed by atoms with van der Waals surface area (Å²) in [5, 5.41) is 5.39. The first-order chi connectivity index (χ1) is 13.8. The molecule has 2 aromatic heterocycles. The van der Waals surface area contributed by atoms with E-state index in [-0.39, 0.29) is 5.91 Å². The summed E-state index contributed by atoms with van der Waals surface area (Å²) in [7, 11) is 0. The minimum Gasteiger partial charge on any atom is -0.301 e. The smallest absolute Gasteiger partial charge is 0.240 e. The minimum atomic E-state index is 0.00128. The second kappa shape index (κ2) is 9.08. The fourth-order valence-corrected chi connectivity index (χ4v) is 4.26. The number of carbonyl (C=O) groups excluding carboxylic acids is 1. The maximum atomic E-state index is 12.3. The van der Waals surface area contributed by atoms with Crippen LogP contribution in [-0.2, 0) is 11.2 Å². The zero-order chi connectivity index (χ0) is 19.2. The van der Waals surface area contributed by atoms with Gasteiger partial charge < -0.3 is 5.32 Å². The van der Waals surface area contributed by atoms with Gasteiger partial charge in [0.05, 0.1) is 6.54 Å². The highest BCUT2D eigenvalue weighted by atomic mass is 32.1. The number of nitrogens with zero attached hydrogens (tertiary/aromatic N) is 3. The van der Waals surface area contributed by atoms with Crippen LogP contribution in [0, 0.1) is 0 Å². The molecule has 3 heterocycles. The molecule has 3 aromatic rings. The molecular weight excluding hydrogens is 368 g/mol. The van der Waals surface area contributed by atoms with Gasteiger partial charge in [0.15, 0.2) is 5.13 Å². The van der Waals surface area contributed by atoms with Crippen LogP contribution in [0.5, 0.6) is 0 Å². The zero-order valence-electron chi connectivity index (χ0n) is 15.8. The summed E-state index contributed by atoms with van der Waals surface area (Å²) in [6, 6.07) is 16.8. The lowest BCUT2D eigenvalue weighted by Gasteiger charge is -2.32. The Bertz CT molecular complexity index is 898. The van der Waals surface area contributed by atoms with E-state index in [1.54, 1.807) is 6.20 Å². The molecule has 1 aliphatic rings. The molecule has 1 aromatic carbocycles. The number of hydrogen-bond donors (Lipinski definition) is 1. The number of benzene rings is 1. The lowest BCUT2D eigenvalue weighted by Crippen LogP contribution is -2.40. The molecule has 0 spiro atoms. The highest BCUT2D eigenvalue weighted by Crippen LogP contribution is 2.26. The molecule has 1 saturated heterocycles. The maximum Gasteiger partial charge on any atom is 0.240 e. The second-order valence-electron chi connectivity index (χ2n) is 7.18. The van der Waals surface area contributed by atoms with E-state index < -0.39 is 0 Å². The number of hydrogen-bond acceptors (Lipinski definition) is 5. The third-order valence-electron chi connectivity index (χ3n) is 5.03. The largest absolute Gasteiger partial charge is 0.301 e. The van der Waals surface area contributed by atoms with E-state index in [1.165, 1.54) is 16.9 Å². The third kappa shape index (κ3) is 5.03. The number of aromatic nitrogens is 2. The molecule has 1 amide bonds. The topological polar surface area (TPSA) is 58.1 Å². The van der Waals surface area contributed by atoms with Crippen LogP contribution in [0.15, 0.2) is 60.1 Å². The van der Waals surface area contributed by atoms with E-state index in [4.69, 9.17) is 4.98 Å². The van der Waals surface area contributed by atoms with Crippen molar-refractivity contribution in [3.8, 4) is 0 Å². The van der Waals surface area contributed by atoms with Crippen molar-refractivity contribution in [2.45, 2.75) is 25.2 Å². The number of piperidine rings is 1. The maximum absolute atomic E-state index is 12.3. The van der Waals surface area contributed by atoms with Crippen LogP contribution in [0.1, 0.15) is 35.7 Å². The molecule has 1 fully saturated rings. The first-order valence-electron chi connectivity index (χ1n) is 9.68. The molecule has 1 aliphatic heterocycles. The van der Waals surface area contributed by atoms with Crippen LogP contribution in [0.3, 0.4) is 0 Å². The number of thiazole rings is 1. The van der Waals surface area contributed by atoms with Gasteiger partial charge >= 0.3 is 0 Å². The third-order valence-corrected chi connectivity index (χ3v) is 5.71. The average molecular weight is 393 g/mol. The van der Waals surface area contributed by atoms with Gasteiger partial charge in [-0.2, -0.15) is 0 Å². The van der Waals surface area contributed by atoms with Gasteiger partial charge in [-0.05, 0) is 37.1 Å². The molecule has 1 atom stereocenters. The molecular formula is C22H24N4OS. The van der Waals surface area contributed by atoms with Crippen molar-refractivity contribution in [2.75, 3.05) is 25.0 Å². The molecule has 1 N–H and O–H groups in total. The molecule has 28 heavy (non-hydrogen) atoms. The van der Waals surface area contributed by atoms with Gasteiger partial charge in [0.2, 0.25) is 5.91 Å². The molecule has 0 radical (unpaired) electrons. The van der Waals surface area contributed by atoms with Crippen molar-refractivity contribution in [2.24, 2.45) is 0 Å². The van der Waals surface area contributed by atoms with Gasteiger partial charge in [0.25, 0.3) is 0 Å². The van der Waals surface area contributed by atoms with Gasteiger partial charge in [-0.3, -0.25) is 14.7 Å². The molecule has 0 saturated carbocycles. The zero-order valence-corrected chi connectivity index (χ0v) is 16.6. The Balaban J connectivity index is 1.37. The minimum absolute atomic E-state index is 0.00128. The van der Waals surface area contributed by atoms with Crippen LogP contribution in [-0.4, -0.2) is 40.4 Å². The van der Waals surface area contributed by atoms with E-state index in [0.29, 0.717) is 17.6 Å². The summed E-state index contributed by atoms with van der Waals surface area (Å²) in [5.41, 5.74) is 3.51. The summed E-state index contributed by atoms with van der Waals surface area (Å²) in [6.07, 6.45) is 4.75. The fraction of sp³-hybridized carbons (Fsp3) is 0.318. The van der Waals surface area contributed by atoms with Crippen molar-refractivity contribution >= 4 is 22.4 Å². The molecule has 0 bridgehead atoms. The Morgan fingerprint density at radius 2 is 2.07 bits per heavy atom. The van der Waals surface area contributed by atoms with E-state index in [1.807, 2.05) is 11.4 Å². The number of likely N-dealkylation sites (tertiary alicyclic amines) is 1. The number of anilines is 1. The number of nitrogens with one attached hydrogen (secondary N) is 1. The number of rotatable bonds is 6. The normalized spacial score (nSPS) is 17.4. The van der Waals surface area contributed by atoms with E-state index in [0.717, 1.165) is 43.7 Å². The number of carbonyl (C=O) groups is 1. The van der Waals surface area contributed by atoms with Crippen molar-refractivity contribution in [1.29, 1.82) is 0 Å². The quantitative estimate of drug-likeness (QED) is 0.690. The number of amides is 1. The Morgan fingerprint density at radius 1 is 1.18 bits per heavy atom. The first kappa shape index (κ1) is 18.8. The Morgan fingerprint density at radius 3 is 2.89 bits per heavy atom. The Kier molecular flexibility index (Phi) is 6.09. The molecule has 144 valence electrons. The molecule has 1 unspecified atom stereocenters. The molecule has 4 rings (SSSR count). The monoisotopic (exact) mass is 392 g/mol. The predicted molar refractivity (Wildman–Crippen MR) is 113 cm³/mol. The molecule has 0 aliphatic carbocycles. The number of pyridine rings is 1. The van der Waals surface area contributed by atoms with Crippen molar-refractivity contribution in [1.82, 2.24) is 14.9 Å². The van der Waals surface area contributed by atoms with Crippen molar-refractivity contribution < 1.29 is 4.79 Å². The SMILES string of the molecule is O=C(CN1CCCC(c2cccc(Cc3ccccc3)n2)C1)Nc1nccs1. The lowest BCUT2D eigenvalue weighted by atomic mass is 9.94. The summed E-state index contributed by atoms with van der Waals surface area (Å²) in [4.78, 5) is 23.5. The fourth-order valence-electron chi connectivity index (χ4n) is 3.72. The highest BCUT2D eigenvalue weighted by Gasteiger charge is 2.24. The van der Waals surface area contributed by atoms with Crippen LogP contribution >= 0.6 is 11.3 Å². The highest BCUT2D eigenvalue weighted by molar-refractivity contribution is 7.13. The summed E-state index contributed by atoms with van der Waals surface area (Å²) in [6.45, 7) is 2.22. The van der Waals surface area contributed by atoms with Gasteiger partial charge in [-0.25, -0.2) is 4.98 Å². The van der Waals surface area contributed by atoms with Gasteiger partial charge in [-0.1, -0.05) is 36.4 Å². The van der Waals surface area contributed by atoms with Gasteiger partial charge in [0.1, 0.15) is 0 Å². The van der Waals surface area contributed by atoms with Crippen LogP contribution in [0.4, 0.5) is 5.13 Å². The summed E-state index contributed by atoms with van der Waals surface area (Å²) >= 11 is 1.44. The van der Waals surface area contributed by atoms with E-state index in [2.05, 4.69) is 57.7 Å². The Labute approximate surface area is 169 Å². The van der Waals surface area contributed by atoms with E-state index >= 15 is 0 Å². The standard InChI is InChI=1S/C22H24N4OS/c27-21(25-22-23-11-13-28-22)16-26-12-5-8-18(15-26)20-10-4-9-19(24-20)14-17-6-2-1-3-7-17/h1-4,6-7,9-11,13,18H,5,8,12,14-16H2,(H,23,25,27).